The summed E-state index contributed by atoms with van der Waals surface area (Å²) in [6.07, 6.45) is 0. The van der Waals surface area contributed by atoms with Gasteiger partial charge in [-0.15, -0.1) is 0 Å². The van der Waals surface area contributed by atoms with Crippen molar-refractivity contribution < 1.29 is 0 Å². The molecule has 1 aliphatic carbocycles. The van der Waals surface area contributed by atoms with Crippen molar-refractivity contribution in [2.45, 2.75) is 19.3 Å². The van der Waals surface area contributed by atoms with Crippen molar-refractivity contribution >= 4 is 32.4 Å². The number of para-hydroxylation sites is 1. The zero-order valence-corrected chi connectivity index (χ0v) is 21.6. The number of nitrogens with zero attached hydrogens (tertiary/aromatic N) is 1. The van der Waals surface area contributed by atoms with E-state index in [-0.39, 0.29) is 5.41 Å². The van der Waals surface area contributed by atoms with Crippen molar-refractivity contribution in [1.82, 2.24) is 4.57 Å². The highest BCUT2D eigenvalue weighted by Crippen LogP contribution is 2.58. The molecule has 0 N–H and O–H groups in total. The Balaban J connectivity index is 1.51. The van der Waals surface area contributed by atoms with Crippen LogP contribution in [0.25, 0.3) is 60.5 Å². The van der Waals surface area contributed by atoms with E-state index >= 15 is 0 Å². The van der Waals surface area contributed by atoms with E-state index < -0.39 is 0 Å². The third kappa shape index (κ3) is 2.76. The Morgan fingerprint density at radius 2 is 0.974 bits per heavy atom. The van der Waals surface area contributed by atoms with Crippen LogP contribution >= 0.6 is 0 Å². The fourth-order valence-electron chi connectivity index (χ4n) is 6.97. The molecule has 0 saturated carbocycles. The highest BCUT2D eigenvalue weighted by molar-refractivity contribution is 6.19. The summed E-state index contributed by atoms with van der Waals surface area (Å²) in [5.41, 5.74) is 10.4. The summed E-state index contributed by atoms with van der Waals surface area (Å²) in [4.78, 5) is 0. The Bertz CT molecular complexity index is 2020. The van der Waals surface area contributed by atoms with Gasteiger partial charge in [0.25, 0.3) is 0 Å². The lowest BCUT2D eigenvalue weighted by Crippen LogP contribution is -2.15. The smallest absolute Gasteiger partial charge is 0.0591 e. The molecule has 38 heavy (non-hydrogen) atoms. The van der Waals surface area contributed by atoms with Gasteiger partial charge in [-0.1, -0.05) is 123 Å². The first kappa shape index (κ1) is 21.5. The van der Waals surface area contributed by atoms with E-state index in [1.165, 1.54) is 71.6 Å². The summed E-state index contributed by atoms with van der Waals surface area (Å²) in [6.45, 7) is 4.82. The quantitative estimate of drug-likeness (QED) is 0.215. The largest absolute Gasteiger partial charge is 0.309 e. The normalized spacial score (nSPS) is 13.7. The van der Waals surface area contributed by atoms with Gasteiger partial charge in [-0.2, -0.15) is 0 Å². The predicted molar refractivity (Wildman–Crippen MR) is 161 cm³/mol. The molecule has 1 heterocycles. The predicted octanol–water partition coefficient (Wildman–Crippen LogP) is 9.91. The average Bonchev–Trinajstić information content (AvgIpc) is 3.44. The van der Waals surface area contributed by atoms with Crippen molar-refractivity contribution in [2.75, 3.05) is 0 Å². The van der Waals surface area contributed by atoms with Crippen LogP contribution in [0.4, 0.5) is 0 Å². The topological polar surface area (TPSA) is 4.93 Å². The SMILES string of the molecule is CC1(C)c2c(c3ccccc3c3ccccc23)-c2c1c1ccccc1n2-c1ccc(-c2ccccc2)cc1. The molecule has 0 unspecified atom stereocenters. The Morgan fingerprint density at radius 3 is 1.68 bits per heavy atom. The summed E-state index contributed by atoms with van der Waals surface area (Å²) >= 11 is 0. The standard InChI is InChI=1S/C37H27N/c1-37(2)34-30-17-9-7-15-28(30)27-14-6-8-16-29(27)33(34)36-35(37)31-18-10-11-19-32(31)38(36)26-22-20-25(21-23-26)24-12-4-3-5-13-24/h3-23H,1-2H3. The van der Waals surface area contributed by atoms with E-state index in [9.17, 15) is 0 Å². The molecule has 0 atom stereocenters. The molecule has 180 valence electrons. The van der Waals surface area contributed by atoms with Crippen LogP contribution in [-0.4, -0.2) is 4.57 Å². The summed E-state index contributed by atoms with van der Waals surface area (Å²) in [6, 6.07) is 46.5. The minimum absolute atomic E-state index is 0.136. The third-order valence-electron chi connectivity index (χ3n) is 8.53. The van der Waals surface area contributed by atoms with Gasteiger partial charge < -0.3 is 4.57 Å². The monoisotopic (exact) mass is 485 g/mol. The van der Waals surface area contributed by atoms with Crippen LogP contribution in [0.2, 0.25) is 0 Å². The molecule has 1 nitrogen and oxygen atoms in total. The number of rotatable bonds is 2. The van der Waals surface area contributed by atoms with Gasteiger partial charge in [0.15, 0.2) is 0 Å². The van der Waals surface area contributed by atoms with Crippen LogP contribution in [-0.2, 0) is 5.41 Å². The Kier molecular flexibility index (Phi) is 4.35. The molecule has 0 saturated heterocycles. The minimum Gasteiger partial charge on any atom is -0.309 e. The first-order valence-corrected chi connectivity index (χ1v) is 13.4. The average molecular weight is 486 g/mol. The maximum Gasteiger partial charge on any atom is 0.0591 e. The van der Waals surface area contributed by atoms with Gasteiger partial charge in [-0.25, -0.2) is 0 Å². The second-order valence-corrected chi connectivity index (χ2v) is 11.0. The fourth-order valence-corrected chi connectivity index (χ4v) is 6.97. The molecule has 0 fully saturated rings. The number of hydrogen-bond donors (Lipinski definition) is 0. The van der Waals surface area contributed by atoms with Crippen molar-refractivity contribution in [3.63, 3.8) is 0 Å². The first-order chi connectivity index (χ1) is 18.6. The zero-order chi connectivity index (χ0) is 25.4. The fraction of sp³-hybridized carbons (Fsp3) is 0.0811. The molecule has 0 radical (unpaired) electrons. The summed E-state index contributed by atoms with van der Waals surface area (Å²) in [7, 11) is 0. The number of benzene rings is 6. The first-order valence-electron chi connectivity index (χ1n) is 13.4. The lowest BCUT2D eigenvalue weighted by atomic mass is 9.78. The molecule has 0 aliphatic heterocycles. The molecule has 0 spiro atoms. The lowest BCUT2D eigenvalue weighted by Gasteiger charge is -2.24. The van der Waals surface area contributed by atoms with Gasteiger partial charge in [0.1, 0.15) is 0 Å². The Morgan fingerprint density at radius 1 is 0.447 bits per heavy atom. The second-order valence-electron chi connectivity index (χ2n) is 11.0. The van der Waals surface area contributed by atoms with Gasteiger partial charge in [0.2, 0.25) is 0 Å². The molecule has 8 rings (SSSR count). The van der Waals surface area contributed by atoms with E-state index in [2.05, 4.69) is 146 Å². The van der Waals surface area contributed by atoms with Crippen LogP contribution in [0, 0.1) is 0 Å². The summed E-state index contributed by atoms with van der Waals surface area (Å²) in [5.74, 6) is 0. The highest BCUT2D eigenvalue weighted by atomic mass is 15.0. The van der Waals surface area contributed by atoms with E-state index in [4.69, 9.17) is 0 Å². The molecule has 0 bridgehead atoms. The van der Waals surface area contributed by atoms with Crippen LogP contribution in [0.15, 0.2) is 127 Å². The molecule has 1 aliphatic rings. The summed E-state index contributed by atoms with van der Waals surface area (Å²) in [5, 5.41) is 6.68. The van der Waals surface area contributed by atoms with Gasteiger partial charge in [0.05, 0.1) is 11.2 Å². The van der Waals surface area contributed by atoms with Gasteiger partial charge in [0, 0.05) is 22.1 Å². The van der Waals surface area contributed by atoms with Crippen LogP contribution in [0.3, 0.4) is 0 Å². The third-order valence-corrected chi connectivity index (χ3v) is 8.53. The highest BCUT2D eigenvalue weighted by Gasteiger charge is 2.42. The van der Waals surface area contributed by atoms with E-state index in [0.29, 0.717) is 0 Å². The second kappa shape index (κ2) is 7.69. The van der Waals surface area contributed by atoms with Crippen molar-refractivity contribution in [3.8, 4) is 28.1 Å². The van der Waals surface area contributed by atoms with E-state index in [1.807, 2.05) is 0 Å². The maximum atomic E-state index is 2.51. The Hall–Kier alpha value is -4.62. The van der Waals surface area contributed by atoms with Crippen LogP contribution in [0.5, 0.6) is 0 Å². The van der Waals surface area contributed by atoms with Crippen LogP contribution < -0.4 is 0 Å². The zero-order valence-electron chi connectivity index (χ0n) is 21.6. The molecule has 6 aromatic carbocycles. The van der Waals surface area contributed by atoms with Gasteiger partial charge in [-0.3, -0.25) is 0 Å². The van der Waals surface area contributed by atoms with E-state index in [1.54, 1.807) is 0 Å². The molecule has 0 amide bonds. The molecule has 1 aromatic heterocycles. The molecular weight excluding hydrogens is 458 g/mol. The minimum atomic E-state index is -0.136. The van der Waals surface area contributed by atoms with Crippen molar-refractivity contribution in [3.05, 3.63) is 139 Å². The Labute approximate surface area is 222 Å². The summed E-state index contributed by atoms with van der Waals surface area (Å²) < 4.78 is 2.51. The van der Waals surface area contributed by atoms with Crippen LogP contribution in [0.1, 0.15) is 25.0 Å². The van der Waals surface area contributed by atoms with Gasteiger partial charge in [-0.05, 0) is 62.0 Å². The molecular formula is C37H27N. The van der Waals surface area contributed by atoms with Crippen molar-refractivity contribution in [2.24, 2.45) is 0 Å². The van der Waals surface area contributed by atoms with Gasteiger partial charge >= 0.3 is 0 Å². The number of hydrogen-bond acceptors (Lipinski definition) is 0. The van der Waals surface area contributed by atoms with Crippen molar-refractivity contribution in [1.29, 1.82) is 0 Å². The molecule has 1 heteroatoms. The maximum absolute atomic E-state index is 2.51. The lowest BCUT2D eigenvalue weighted by molar-refractivity contribution is 0.672. The molecule has 7 aromatic rings. The number of fused-ring (bicyclic) bond motifs is 10. The van der Waals surface area contributed by atoms with E-state index in [0.717, 1.165) is 0 Å². The number of aromatic nitrogens is 1.